The summed E-state index contributed by atoms with van der Waals surface area (Å²) in [6.45, 7) is 7.90. The number of para-hydroxylation sites is 1. The Bertz CT molecular complexity index is 679. The van der Waals surface area contributed by atoms with Crippen LogP contribution in [0.4, 0.5) is 0 Å². The molecule has 4 nitrogen and oxygen atoms in total. The average Bonchev–Trinajstić information content (AvgIpc) is 3.12. The van der Waals surface area contributed by atoms with Gasteiger partial charge >= 0.3 is 0 Å². The Morgan fingerprint density at radius 1 is 1.04 bits per heavy atom. The molecule has 0 spiro atoms. The first-order valence-electron chi connectivity index (χ1n) is 9.43. The number of ether oxygens (including phenoxy) is 2. The van der Waals surface area contributed by atoms with Gasteiger partial charge in [0, 0.05) is 13.0 Å². The Kier molecular flexibility index (Phi) is 6.67. The van der Waals surface area contributed by atoms with Crippen LogP contribution in [0, 0.1) is 20.8 Å². The molecule has 1 heterocycles. The SMILES string of the molecule is Cc1cc(C2CCC(OCCCNOc3ccccc3)O2)cc(C)c1C. The summed E-state index contributed by atoms with van der Waals surface area (Å²) in [5.41, 5.74) is 8.26. The molecule has 3 rings (SSSR count). The molecule has 1 N–H and O–H groups in total. The second-order valence-electron chi connectivity index (χ2n) is 6.95. The Morgan fingerprint density at radius 3 is 2.50 bits per heavy atom. The van der Waals surface area contributed by atoms with E-state index in [4.69, 9.17) is 14.3 Å². The van der Waals surface area contributed by atoms with Crippen molar-refractivity contribution in [2.24, 2.45) is 0 Å². The topological polar surface area (TPSA) is 39.7 Å². The van der Waals surface area contributed by atoms with Gasteiger partial charge in [0.1, 0.15) is 5.75 Å². The van der Waals surface area contributed by atoms with E-state index < -0.39 is 0 Å². The molecule has 2 aromatic rings. The highest BCUT2D eigenvalue weighted by molar-refractivity contribution is 5.38. The molecular weight excluding hydrogens is 326 g/mol. The van der Waals surface area contributed by atoms with Gasteiger partial charge in [-0.05, 0) is 68.0 Å². The summed E-state index contributed by atoms with van der Waals surface area (Å²) in [7, 11) is 0. The van der Waals surface area contributed by atoms with Gasteiger partial charge < -0.3 is 14.3 Å². The second-order valence-corrected chi connectivity index (χ2v) is 6.95. The summed E-state index contributed by atoms with van der Waals surface area (Å²) in [6.07, 6.45) is 2.89. The van der Waals surface area contributed by atoms with Gasteiger partial charge in [0.05, 0.1) is 12.7 Å². The summed E-state index contributed by atoms with van der Waals surface area (Å²) in [5.74, 6) is 0.819. The second kappa shape index (κ2) is 9.17. The molecular formula is C22H29NO3. The van der Waals surface area contributed by atoms with Gasteiger partial charge in [-0.2, -0.15) is 5.48 Å². The van der Waals surface area contributed by atoms with Crippen molar-refractivity contribution in [2.75, 3.05) is 13.2 Å². The van der Waals surface area contributed by atoms with Crippen LogP contribution in [0.15, 0.2) is 42.5 Å². The van der Waals surface area contributed by atoms with E-state index in [0.29, 0.717) is 6.61 Å². The van der Waals surface area contributed by atoms with Gasteiger partial charge in [-0.15, -0.1) is 0 Å². The molecule has 0 amide bonds. The zero-order valence-electron chi connectivity index (χ0n) is 16.0. The van der Waals surface area contributed by atoms with Crippen molar-refractivity contribution in [1.29, 1.82) is 0 Å². The molecule has 2 unspecified atom stereocenters. The van der Waals surface area contributed by atoms with Crippen molar-refractivity contribution in [1.82, 2.24) is 5.48 Å². The van der Waals surface area contributed by atoms with Crippen molar-refractivity contribution in [2.45, 2.75) is 52.4 Å². The third kappa shape index (κ3) is 5.07. The Labute approximate surface area is 156 Å². The molecule has 1 aliphatic heterocycles. The maximum atomic E-state index is 6.10. The minimum atomic E-state index is -0.100. The van der Waals surface area contributed by atoms with Crippen LogP contribution in [-0.4, -0.2) is 19.4 Å². The van der Waals surface area contributed by atoms with E-state index in [1.165, 1.54) is 22.3 Å². The van der Waals surface area contributed by atoms with Crippen LogP contribution in [-0.2, 0) is 9.47 Å². The number of nitrogens with one attached hydrogen (secondary N) is 1. The lowest BCUT2D eigenvalue weighted by Crippen LogP contribution is -2.22. The molecule has 0 bridgehead atoms. The van der Waals surface area contributed by atoms with Gasteiger partial charge in [-0.1, -0.05) is 30.3 Å². The van der Waals surface area contributed by atoms with Crippen molar-refractivity contribution < 1.29 is 14.3 Å². The van der Waals surface area contributed by atoms with Gasteiger partial charge in [-0.3, -0.25) is 0 Å². The lowest BCUT2D eigenvalue weighted by Gasteiger charge is -2.17. The Hall–Kier alpha value is -1.88. The van der Waals surface area contributed by atoms with E-state index in [1.807, 2.05) is 30.3 Å². The van der Waals surface area contributed by atoms with Crippen molar-refractivity contribution in [3.63, 3.8) is 0 Å². The number of hydrogen-bond donors (Lipinski definition) is 1. The van der Waals surface area contributed by atoms with Crippen molar-refractivity contribution >= 4 is 0 Å². The van der Waals surface area contributed by atoms with Crippen LogP contribution < -0.4 is 10.3 Å². The van der Waals surface area contributed by atoms with Crippen LogP contribution in [0.2, 0.25) is 0 Å². The molecule has 26 heavy (non-hydrogen) atoms. The first kappa shape index (κ1) is 18.9. The molecule has 1 saturated heterocycles. The summed E-state index contributed by atoms with van der Waals surface area (Å²) in [5, 5.41) is 0. The van der Waals surface area contributed by atoms with Crippen molar-refractivity contribution in [3.05, 3.63) is 64.7 Å². The molecule has 140 valence electrons. The highest BCUT2D eigenvalue weighted by atomic mass is 16.7. The summed E-state index contributed by atoms with van der Waals surface area (Å²) in [4.78, 5) is 5.45. The van der Waals surface area contributed by atoms with Crippen LogP contribution in [0.5, 0.6) is 5.75 Å². The molecule has 0 saturated carbocycles. The standard InChI is InChI=1S/C22H29NO3/c1-16-14-19(15-17(2)18(16)3)21-10-11-22(25-21)24-13-7-12-23-26-20-8-5-4-6-9-20/h4-6,8-9,14-15,21-23H,7,10-13H2,1-3H3. The molecule has 0 radical (unpaired) electrons. The zero-order chi connectivity index (χ0) is 18.4. The van der Waals surface area contributed by atoms with E-state index in [-0.39, 0.29) is 12.4 Å². The number of aryl methyl sites for hydroxylation is 2. The van der Waals surface area contributed by atoms with E-state index in [0.717, 1.165) is 31.6 Å². The molecule has 1 fully saturated rings. The Morgan fingerprint density at radius 2 is 1.77 bits per heavy atom. The summed E-state index contributed by atoms with van der Waals surface area (Å²) < 4.78 is 12.0. The first-order valence-corrected chi connectivity index (χ1v) is 9.43. The highest BCUT2D eigenvalue weighted by Crippen LogP contribution is 2.34. The largest absolute Gasteiger partial charge is 0.409 e. The number of rotatable bonds is 8. The van der Waals surface area contributed by atoms with E-state index in [2.05, 4.69) is 38.4 Å². The third-order valence-corrected chi connectivity index (χ3v) is 4.96. The van der Waals surface area contributed by atoms with Gasteiger partial charge in [0.15, 0.2) is 6.29 Å². The molecule has 2 aromatic carbocycles. The third-order valence-electron chi connectivity index (χ3n) is 4.96. The first-order chi connectivity index (χ1) is 12.6. The van der Waals surface area contributed by atoms with Gasteiger partial charge in [0.25, 0.3) is 0 Å². The average molecular weight is 355 g/mol. The molecule has 4 heteroatoms. The van der Waals surface area contributed by atoms with Crippen LogP contribution in [0.3, 0.4) is 0 Å². The summed E-state index contributed by atoms with van der Waals surface area (Å²) >= 11 is 0. The fourth-order valence-electron chi connectivity index (χ4n) is 3.21. The summed E-state index contributed by atoms with van der Waals surface area (Å²) in [6, 6.07) is 14.2. The minimum Gasteiger partial charge on any atom is -0.409 e. The van der Waals surface area contributed by atoms with E-state index in [9.17, 15) is 0 Å². The quantitative estimate of drug-likeness (QED) is 0.546. The number of hydroxylamine groups is 1. The predicted molar refractivity (Wildman–Crippen MR) is 103 cm³/mol. The van der Waals surface area contributed by atoms with Crippen LogP contribution in [0.25, 0.3) is 0 Å². The van der Waals surface area contributed by atoms with Crippen molar-refractivity contribution in [3.8, 4) is 5.75 Å². The predicted octanol–water partition coefficient (Wildman–Crippen LogP) is 4.78. The fourth-order valence-corrected chi connectivity index (χ4v) is 3.21. The molecule has 1 aliphatic rings. The molecule has 0 aliphatic carbocycles. The normalized spacial score (nSPS) is 19.7. The molecule has 0 aromatic heterocycles. The lowest BCUT2D eigenvalue weighted by atomic mass is 9.97. The van der Waals surface area contributed by atoms with E-state index >= 15 is 0 Å². The van der Waals surface area contributed by atoms with E-state index in [1.54, 1.807) is 0 Å². The Balaban J connectivity index is 1.35. The monoisotopic (exact) mass is 355 g/mol. The lowest BCUT2D eigenvalue weighted by molar-refractivity contribution is -0.135. The number of benzene rings is 2. The number of hydrogen-bond acceptors (Lipinski definition) is 4. The maximum absolute atomic E-state index is 6.10. The van der Waals surface area contributed by atoms with Gasteiger partial charge in [0.2, 0.25) is 0 Å². The zero-order valence-corrected chi connectivity index (χ0v) is 16.0. The highest BCUT2D eigenvalue weighted by Gasteiger charge is 2.27. The minimum absolute atomic E-state index is 0.100. The maximum Gasteiger partial charge on any atom is 0.158 e. The molecule has 2 atom stereocenters. The van der Waals surface area contributed by atoms with Crippen LogP contribution in [0.1, 0.15) is 47.6 Å². The fraction of sp³-hybridized carbons (Fsp3) is 0.455. The van der Waals surface area contributed by atoms with Gasteiger partial charge in [-0.25, -0.2) is 0 Å². The van der Waals surface area contributed by atoms with Crippen LogP contribution >= 0.6 is 0 Å². The smallest absolute Gasteiger partial charge is 0.158 e.